The lowest BCUT2D eigenvalue weighted by Gasteiger charge is -2.17. The van der Waals surface area contributed by atoms with Gasteiger partial charge in [0.15, 0.2) is 0 Å². The van der Waals surface area contributed by atoms with Crippen molar-refractivity contribution in [1.29, 1.82) is 0 Å². The maximum Gasteiger partial charge on any atom is 0.122 e. The van der Waals surface area contributed by atoms with Crippen molar-refractivity contribution in [1.82, 2.24) is 15.3 Å². The molecule has 1 rings (SSSR count). The number of aromatic amines is 1. The number of ether oxygens (including phenoxy) is 1. The molecule has 0 aromatic carbocycles. The lowest BCUT2D eigenvalue weighted by Crippen LogP contribution is -2.30. The number of hydrogen-bond donors (Lipinski definition) is 2. The first kappa shape index (κ1) is 11.2. The number of rotatable bonds is 6. The van der Waals surface area contributed by atoms with E-state index in [0.717, 1.165) is 18.9 Å². The zero-order chi connectivity index (χ0) is 10.4. The molecule has 0 spiro atoms. The summed E-state index contributed by atoms with van der Waals surface area (Å²) in [5.41, 5.74) is 0. The van der Waals surface area contributed by atoms with Gasteiger partial charge in [-0.1, -0.05) is 0 Å². The summed E-state index contributed by atoms with van der Waals surface area (Å²) in [6.45, 7) is 5.04. The molecule has 1 heterocycles. The van der Waals surface area contributed by atoms with Crippen molar-refractivity contribution in [3.8, 4) is 0 Å². The van der Waals surface area contributed by atoms with Gasteiger partial charge in [0.2, 0.25) is 0 Å². The largest absolute Gasteiger partial charge is 0.385 e. The molecule has 0 saturated heterocycles. The van der Waals surface area contributed by atoms with E-state index in [1.165, 1.54) is 0 Å². The molecule has 4 heteroatoms. The molecule has 2 N–H and O–H groups in total. The number of imidazole rings is 1. The second kappa shape index (κ2) is 5.78. The van der Waals surface area contributed by atoms with E-state index in [2.05, 4.69) is 29.1 Å². The Bertz CT molecular complexity index is 236. The van der Waals surface area contributed by atoms with E-state index in [1.54, 1.807) is 13.3 Å². The predicted octanol–water partition coefficient (Wildman–Crippen LogP) is 1.49. The Morgan fingerprint density at radius 3 is 2.93 bits per heavy atom. The van der Waals surface area contributed by atoms with Crippen LogP contribution in [0.15, 0.2) is 12.4 Å². The van der Waals surface area contributed by atoms with E-state index >= 15 is 0 Å². The molecule has 80 valence electrons. The van der Waals surface area contributed by atoms with Crippen LogP contribution in [0.4, 0.5) is 0 Å². The number of nitrogens with zero attached hydrogens (tertiary/aromatic N) is 1. The molecule has 1 aromatic rings. The average Bonchev–Trinajstić information content (AvgIpc) is 2.67. The van der Waals surface area contributed by atoms with Crippen LogP contribution in [-0.4, -0.2) is 29.7 Å². The third kappa shape index (κ3) is 3.47. The van der Waals surface area contributed by atoms with Gasteiger partial charge in [-0.25, -0.2) is 4.98 Å². The molecular formula is C10H19N3O. The molecule has 14 heavy (non-hydrogen) atoms. The van der Waals surface area contributed by atoms with Gasteiger partial charge in [-0.15, -0.1) is 0 Å². The first-order valence-electron chi connectivity index (χ1n) is 4.98. The summed E-state index contributed by atoms with van der Waals surface area (Å²) in [6, 6.07) is 0.701. The summed E-state index contributed by atoms with van der Waals surface area (Å²) in [6.07, 6.45) is 4.63. The van der Waals surface area contributed by atoms with Crippen LogP contribution in [0.25, 0.3) is 0 Å². The highest BCUT2D eigenvalue weighted by molar-refractivity contribution is 4.94. The Hall–Kier alpha value is -0.870. The van der Waals surface area contributed by atoms with E-state index in [9.17, 15) is 0 Å². The van der Waals surface area contributed by atoms with E-state index in [0.29, 0.717) is 6.04 Å². The van der Waals surface area contributed by atoms with Crippen molar-refractivity contribution in [2.24, 2.45) is 0 Å². The van der Waals surface area contributed by atoms with E-state index in [-0.39, 0.29) is 6.04 Å². The van der Waals surface area contributed by atoms with Crippen molar-refractivity contribution in [3.63, 3.8) is 0 Å². The van der Waals surface area contributed by atoms with Crippen molar-refractivity contribution in [2.45, 2.75) is 32.4 Å². The minimum absolute atomic E-state index is 0.261. The quantitative estimate of drug-likeness (QED) is 0.726. The Morgan fingerprint density at radius 2 is 2.36 bits per heavy atom. The second-order valence-electron chi connectivity index (χ2n) is 3.55. The molecular weight excluding hydrogens is 178 g/mol. The van der Waals surface area contributed by atoms with Gasteiger partial charge >= 0.3 is 0 Å². The van der Waals surface area contributed by atoms with E-state index in [1.807, 2.05) is 6.20 Å². The first-order valence-corrected chi connectivity index (χ1v) is 4.98. The summed E-state index contributed by atoms with van der Waals surface area (Å²) in [5.74, 6) is 0.981. The number of nitrogens with one attached hydrogen (secondary N) is 2. The van der Waals surface area contributed by atoms with Gasteiger partial charge in [-0.05, 0) is 20.3 Å². The number of hydrogen-bond acceptors (Lipinski definition) is 3. The lowest BCUT2D eigenvalue weighted by atomic mass is 10.2. The topological polar surface area (TPSA) is 49.9 Å². The van der Waals surface area contributed by atoms with Crippen LogP contribution in [0.3, 0.4) is 0 Å². The third-order valence-electron chi connectivity index (χ3n) is 2.22. The van der Waals surface area contributed by atoms with Crippen LogP contribution in [-0.2, 0) is 4.74 Å². The summed E-state index contributed by atoms with van der Waals surface area (Å²) in [5, 5.41) is 3.44. The van der Waals surface area contributed by atoms with Gasteiger partial charge in [-0.3, -0.25) is 0 Å². The minimum atomic E-state index is 0.261. The van der Waals surface area contributed by atoms with Gasteiger partial charge < -0.3 is 15.0 Å². The lowest BCUT2D eigenvalue weighted by molar-refractivity contribution is 0.183. The van der Waals surface area contributed by atoms with Gasteiger partial charge in [0, 0.05) is 32.2 Å². The molecule has 0 aliphatic rings. The number of aromatic nitrogens is 2. The monoisotopic (exact) mass is 197 g/mol. The maximum absolute atomic E-state index is 5.02. The third-order valence-corrected chi connectivity index (χ3v) is 2.22. The molecule has 0 saturated carbocycles. The summed E-state index contributed by atoms with van der Waals surface area (Å²) in [7, 11) is 1.72. The predicted molar refractivity (Wildman–Crippen MR) is 56.1 cm³/mol. The fourth-order valence-corrected chi connectivity index (χ4v) is 1.40. The number of methoxy groups -OCH3 is 1. The molecule has 0 fully saturated rings. The zero-order valence-electron chi connectivity index (χ0n) is 9.08. The van der Waals surface area contributed by atoms with Gasteiger partial charge in [0.05, 0.1) is 6.04 Å². The molecule has 2 unspecified atom stereocenters. The van der Waals surface area contributed by atoms with E-state index < -0.39 is 0 Å². The molecule has 4 nitrogen and oxygen atoms in total. The normalized spacial score (nSPS) is 15.4. The molecule has 1 aromatic heterocycles. The second-order valence-corrected chi connectivity index (χ2v) is 3.55. The molecule has 2 atom stereocenters. The highest BCUT2D eigenvalue weighted by Gasteiger charge is 2.10. The van der Waals surface area contributed by atoms with Crippen molar-refractivity contribution in [3.05, 3.63) is 18.2 Å². The van der Waals surface area contributed by atoms with Crippen LogP contribution < -0.4 is 5.32 Å². The van der Waals surface area contributed by atoms with Crippen LogP contribution in [0.2, 0.25) is 0 Å². The van der Waals surface area contributed by atoms with Crippen molar-refractivity contribution < 1.29 is 4.74 Å². The SMILES string of the molecule is COCCC(C)NC(C)c1ncc[nH]1. The summed E-state index contributed by atoms with van der Waals surface area (Å²) < 4.78 is 5.02. The van der Waals surface area contributed by atoms with Gasteiger partial charge in [0.25, 0.3) is 0 Å². The highest BCUT2D eigenvalue weighted by Crippen LogP contribution is 2.07. The highest BCUT2D eigenvalue weighted by atomic mass is 16.5. The minimum Gasteiger partial charge on any atom is -0.385 e. The summed E-state index contributed by atoms with van der Waals surface area (Å²) >= 11 is 0. The smallest absolute Gasteiger partial charge is 0.122 e. The zero-order valence-corrected chi connectivity index (χ0v) is 9.08. The van der Waals surface area contributed by atoms with Gasteiger partial charge in [-0.2, -0.15) is 0 Å². The standard InChI is InChI=1S/C10H19N3O/c1-8(4-7-14-3)13-9(2)10-11-5-6-12-10/h5-6,8-9,13H,4,7H2,1-3H3,(H,11,12). The first-order chi connectivity index (χ1) is 6.74. The molecule has 0 aliphatic carbocycles. The maximum atomic E-state index is 5.02. The molecule has 0 amide bonds. The van der Waals surface area contributed by atoms with Crippen LogP contribution in [0, 0.1) is 0 Å². The molecule has 0 radical (unpaired) electrons. The van der Waals surface area contributed by atoms with E-state index in [4.69, 9.17) is 4.74 Å². The molecule has 0 aliphatic heterocycles. The van der Waals surface area contributed by atoms with Crippen LogP contribution >= 0.6 is 0 Å². The Balaban J connectivity index is 2.29. The van der Waals surface area contributed by atoms with Crippen LogP contribution in [0.1, 0.15) is 32.1 Å². The summed E-state index contributed by atoms with van der Waals surface area (Å²) in [4.78, 5) is 7.29. The van der Waals surface area contributed by atoms with Crippen molar-refractivity contribution in [2.75, 3.05) is 13.7 Å². The van der Waals surface area contributed by atoms with Crippen LogP contribution in [0.5, 0.6) is 0 Å². The Labute approximate surface area is 85.1 Å². The van der Waals surface area contributed by atoms with Crippen molar-refractivity contribution >= 4 is 0 Å². The number of H-pyrrole nitrogens is 1. The fourth-order valence-electron chi connectivity index (χ4n) is 1.40. The Morgan fingerprint density at radius 1 is 1.57 bits per heavy atom. The Kier molecular flexibility index (Phi) is 4.62. The average molecular weight is 197 g/mol. The molecule has 0 bridgehead atoms. The fraction of sp³-hybridized carbons (Fsp3) is 0.700. The van der Waals surface area contributed by atoms with Gasteiger partial charge in [0.1, 0.15) is 5.82 Å².